The van der Waals surface area contributed by atoms with Gasteiger partial charge in [0.05, 0.1) is 20.3 Å². The lowest BCUT2D eigenvalue weighted by Gasteiger charge is -2.32. The molecule has 1 atom stereocenters. The van der Waals surface area contributed by atoms with Crippen LogP contribution in [0.25, 0.3) is 0 Å². The maximum absolute atomic E-state index is 8.94. The number of benzene rings is 1. The summed E-state index contributed by atoms with van der Waals surface area (Å²) in [4.78, 5) is 2.18. The van der Waals surface area contributed by atoms with E-state index < -0.39 is 0 Å². The van der Waals surface area contributed by atoms with Crippen molar-refractivity contribution in [1.82, 2.24) is 4.90 Å². The second-order valence-corrected chi connectivity index (χ2v) is 4.51. The summed E-state index contributed by atoms with van der Waals surface area (Å²) >= 11 is 0. The molecule has 0 amide bonds. The van der Waals surface area contributed by atoms with Gasteiger partial charge in [0, 0.05) is 25.7 Å². The van der Waals surface area contributed by atoms with Gasteiger partial charge in [0.15, 0.2) is 0 Å². The van der Waals surface area contributed by atoms with Gasteiger partial charge in [-0.1, -0.05) is 6.07 Å². The molecule has 0 radical (unpaired) electrons. The number of morpholine rings is 1. The highest BCUT2D eigenvalue weighted by molar-refractivity contribution is 5.32. The molecule has 1 heterocycles. The Hall–Kier alpha value is -1.30. The van der Waals surface area contributed by atoms with Gasteiger partial charge in [-0.05, 0) is 12.1 Å². The minimum Gasteiger partial charge on any atom is -0.497 e. The number of β-amino-alcohol motifs (C(OH)–C–C–N with tert-alkyl or cyclic N) is 1. The smallest absolute Gasteiger partial charge is 0.123 e. The highest BCUT2D eigenvalue weighted by atomic mass is 16.5. The van der Waals surface area contributed by atoms with Crippen molar-refractivity contribution in [3.05, 3.63) is 24.3 Å². The fourth-order valence-electron chi connectivity index (χ4n) is 2.11. The molecule has 0 spiro atoms. The first-order chi connectivity index (χ1) is 9.31. The lowest BCUT2D eigenvalue weighted by molar-refractivity contribution is -0.0508. The molecule has 5 nitrogen and oxygen atoms in total. The molecule has 1 aromatic rings. The van der Waals surface area contributed by atoms with E-state index in [1.54, 1.807) is 7.11 Å². The molecule has 19 heavy (non-hydrogen) atoms. The molecule has 5 heteroatoms. The third-order valence-corrected chi connectivity index (χ3v) is 3.12. The Morgan fingerprint density at radius 3 is 3.05 bits per heavy atom. The van der Waals surface area contributed by atoms with Crippen LogP contribution >= 0.6 is 0 Å². The summed E-state index contributed by atoms with van der Waals surface area (Å²) in [5.41, 5.74) is 0. The number of ether oxygens (including phenoxy) is 3. The Bertz CT molecular complexity index is 383. The average molecular weight is 267 g/mol. The number of nitrogens with zero attached hydrogens (tertiary/aromatic N) is 1. The lowest BCUT2D eigenvalue weighted by Crippen LogP contribution is -2.45. The molecule has 2 rings (SSSR count). The van der Waals surface area contributed by atoms with Crippen molar-refractivity contribution < 1.29 is 19.3 Å². The monoisotopic (exact) mass is 267 g/mol. The van der Waals surface area contributed by atoms with Gasteiger partial charge in [-0.15, -0.1) is 0 Å². The van der Waals surface area contributed by atoms with Crippen LogP contribution in [0.4, 0.5) is 0 Å². The maximum Gasteiger partial charge on any atom is 0.123 e. The van der Waals surface area contributed by atoms with E-state index in [2.05, 4.69) is 4.90 Å². The van der Waals surface area contributed by atoms with Crippen LogP contribution in [0, 0.1) is 0 Å². The molecule has 1 saturated heterocycles. The molecular weight excluding hydrogens is 246 g/mol. The number of rotatable bonds is 6. The molecule has 0 bridgehead atoms. The van der Waals surface area contributed by atoms with Crippen molar-refractivity contribution in [3.63, 3.8) is 0 Å². The summed E-state index contributed by atoms with van der Waals surface area (Å²) in [6.45, 7) is 3.74. The Balaban J connectivity index is 1.80. The topological polar surface area (TPSA) is 51.2 Å². The first-order valence-electron chi connectivity index (χ1n) is 6.53. The van der Waals surface area contributed by atoms with E-state index >= 15 is 0 Å². The van der Waals surface area contributed by atoms with Crippen LogP contribution < -0.4 is 9.47 Å². The molecule has 0 aliphatic carbocycles. The second-order valence-electron chi connectivity index (χ2n) is 4.51. The van der Waals surface area contributed by atoms with Crippen LogP contribution in [0.15, 0.2) is 24.3 Å². The number of hydrogen-bond donors (Lipinski definition) is 1. The summed E-state index contributed by atoms with van der Waals surface area (Å²) in [6, 6.07) is 7.53. The van der Waals surface area contributed by atoms with Crippen LogP contribution in [0.2, 0.25) is 0 Å². The van der Waals surface area contributed by atoms with Crippen molar-refractivity contribution in [1.29, 1.82) is 0 Å². The normalized spacial score (nSPS) is 20.2. The summed E-state index contributed by atoms with van der Waals surface area (Å²) in [5, 5.41) is 8.94. The SMILES string of the molecule is COc1cccc(OCC2CN(CCO)CCO2)c1. The van der Waals surface area contributed by atoms with Crippen molar-refractivity contribution in [3.8, 4) is 11.5 Å². The fraction of sp³-hybridized carbons (Fsp3) is 0.571. The van der Waals surface area contributed by atoms with E-state index in [-0.39, 0.29) is 12.7 Å². The Morgan fingerprint density at radius 2 is 2.26 bits per heavy atom. The zero-order valence-corrected chi connectivity index (χ0v) is 11.2. The van der Waals surface area contributed by atoms with Crippen molar-refractivity contribution in [2.24, 2.45) is 0 Å². The van der Waals surface area contributed by atoms with Crippen molar-refractivity contribution >= 4 is 0 Å². The van der Waals surface area contributed by atoms with Gasteiger partial charge in [-0.3, -0.25) is 4.90 Å². The molecule has 0 saturated carbocycles. The van der Waals surface area contributed by atoms with Gasteiger partial charge in [-0.2, -0.15) is 0 Å². The first kappa shape index (κ1) is 14.1. The molecule has 106 valence electrons. The third-order valence-electron chi connectivity index (χ3n) is 3.12. The van der Waals surface area contributed by atoms with Crippen LogP contribution in [-0.2, 0) is 4.74 Å². The zero-order valence-electron chi connectivity index (χ0n) is 11.2. The van der Waals surface area contributed by atoms with Gasteiger partial charge >= 0.3 is 0 Å². The molecule has 1 N–H and O–H groups in total. The van der Waals surface area contributed by atoms with E-state index in [1.807, 2.05) is 24.3 Å². The molecule has 1 unspecified atom stereocenters. The van der Waals surface area contributed by atoms with E-state index in [1.165, 1.54) is 0 Å². The van der Waals surface area contributed by atoms with E-state index in [4.69, 9.17) is 19.3 Å². The molecule has 1 aromatic carbocycles. The van der Waals surface area contributed by atoms with E-state index in [0.29, 0.717) is 19.8 Å². The summed E-state index contributed by atoms with van der Waals surface area (Å²) in [6.07, 6.45) is 0.0477. The second kappa shape index (κ2) is 7.33. The van der Waals surface area contributed by atoms with E-state index in [9.17, 15) is 0 Å². The summed E-state index contributed by atoms with van der Waals surface area (Å²) in [7, 11) is 1.64. The van der Waals surface area contributed by atoms with Crippen LogP contribution in [0.1, 0.15) is 0 Å². The molecule has 1 fully saturated rings. The Morgan fingerprint density at radius 1 is 1.42 bits per heavy atom. The number of methoxy groups -OCH3 is 1. The third kappa shape index (κ3) is 4.38. The lowest BCUT2D eigenvalue weighted by atomic mass is 10.3. The molecule has 1 aliphatic heterocycles. The van der Waals surface area contributed by atoms with E-state index in [0.717, 1.165) is 24.6 Å². The van der Waals surface area contributed by atoms with Crippen LogP contribution in [0.3, 0.4) is 0 Å². The highest BCUT2D eigenvalue weighted by Crippen LogP contribution is 2.19. The number of aliphatic hydroxyl groups is 1. The first-order valence-corrected chi connectivity index (χ1v) is 6.53. The minimum absolute atomic E-state index is 0.0477. The van der Waals surface area contributed by atoms with Gasteiger partial charge in [0.2, 0.25) is 0 Å². The standard InChI is InChI=1S/C14H21NO4/c1-17-12-3-2-4-13(9-12)19-11-14-10-15(5-7-16)6-8-18-14/h2-4,9,14,16H,5-8,10-11H2,1H3. The van der Waals surface area contributed by atoms with Crippen molar-refractivity contribution in [2.45, 2.75) is 6.10 Å². The summed E-state index contributed by atoms with van der Waals surface area (Å²) in [5.74, 6) is 1.56. The molecular formula is C14H21NO4. The summed E-state index contributed by atoms with van der Waals surface area (Å²) < 4.78 is 16.5. The molecule has 1 aliphatic rings. The minimum atomic E-state index is 0.0477. The average Bonchev–Trinajstić information content (AvgIpc) is 2.46. The van der Waals surface area contributed by atoms with Crippen LogP contribution in [0.5, 0.6) is 11.5 Å². The Kier molecular flexibility index (Phi) is 5.44. The largest absolute Gasteiger partial charge is 0.497 e. The predicted octanol–water partition coefficient (Wildman–Crippen LogP) is 0.767. The number of hydrogen-bond acceptors (Lipinski definition) is 5. The zero-order chi connectivity index (χ0) is 13.5. The van der Waals surface area contributed by atoms with Gasteiger partial charge < -0.3 is 19.3 Å². The van der Waals surface area contributed by atoms with Crippen molar-refractivity contribution in [2.75, 3.05) is 46.6 Å². The van der Waals surface area contributed by atoms with Gasteiger partial charge in [0.1, 0.15) is 24.2 Å². The fourth-order valence-corrected chi connectivity index (χ4v) is 2.11. The van der Waals surface area contributed by atoms with Gasteiger partial charge in [0.25, 0.3) is 0 Å². The Labute approximate surface area is 113 Å². The molecule has 0 aromatic heterocycles. The van der Waals surface area contributed by atoms with Gasteiger partial charge in [-0.25, -0.2) is 0 Å². The maximum atomic E-state index is 8.94. The highest BCUT2D eigenvalue weighted by Gasteiger charge is 2.20. The van der Waals surface area contributed by atoms with Crippen LogP contribution in [-0.4, -0.2) is 62.7 Å². The number of aliphatic hydroxyl groups excluding tert-OH is 1. The quantitative estimate of drug-likeness (QED) is 0.825. The predicted molar refractivity (Wildman–Crippen MR) is 71.8 cm³/mol.